The standard InChI is InChI=1S/C12H14ClFN4/c1-2-5-15-7-10-8-18(17-16-10)12-4-3-9(14)6-11(12)13/h3-4,6,8,15H,2,5,7H2,1H3. The molecule has 0 bridgehead atoms. The molecule has 0 aliphatic rings. The van der Waals surface area contributed by atoms with Gasteiger partial charge in [0.15, 0.2) is 0 Å². The molecule has 96 valence electrons. The van der Waals surface area contributed by atoms with E-state index in [2.05, 4.69) is 22.6 Å². The molecule has 0 amide bonds. The van der Waals surface area contributed by atoms with Crippen molar-refractivity contribution >= 4 is 11.6 Å². The molecule has 0 saturated heterocycles. The summed E-state index contributed by atoms with van der Waals surface area (Å²) in [5.74, 6) is -0.367. The Kier molecular flexibility index (Phi) is 4.28. The summed E-state index contributed by atoms with van der Waals surface area (Å²) in [5.41, 5.74) is 1.44. The van der Waals surface area contributed by atoms with Gasteiger partial charge in [-0.2, -0.15) is 0 Å². The number of hydrogen-bond donors (Lipinski definition) is 1. The normalized spacial score (nSPS) is 10.8. The summed E-state index contributed by atoms with van der Waals surface area (Å²) in [6.07, 6.45) is 2.85. The Morgan fingerprint density at radius 2 is 2.28 bits per heavy atom. The summed E-state index contributed by atoms with van der Waals surface area (Å²) >= 11 is 5.96. The molecule has 2 aromatic rings. The van der Waals surface area contributed by atoms with Crippen molar-refractivity contribution in [1.82, 2.24) is 20.3 Å². The Balaban J connectivity index is 2.13. The highest BCUT2D eigenvalue weighted by atomic mass is 35.5. The predicted molar refractivity (Wildman–Crippen MR) is 68.3 cm³/mol. The molecule has 2 rings (SSSR count). The Bertz CT molecular complexity index is 527. The first-order valence-corrected chi connectivity index (χ1v) is 6.16. The maximum absolute atomic E-state index is 12.9. The van der Waals surface area contributed by atoms with Crippen molar-refractivity contribution in [1.29, 1.82) is 0 Å². The molecule has 0 radical (unpaired) electrons. The molecule has 0 aliphatic heterocycles. The molecule has 0 aliphatic carbocycles. The van der Waals surface area contributed by atoms with E-state index in [9.17, 15) is 4.39 Å². The quantitative estimate of drug-likeness (QED) is 0.848. The third kappa shape index (κ3) is 3.05. The largest absolute Gasteiger partial charge is 0.311 e. The van der Waals surface area contributed by atoms with Gasteiger partial charge in [0.05, 0.1) is 22.6 Å². The van der Waals surface area contributed by atoms with E-state index >= 15 is 0 Å². The van der Waals surface area contributed by atoms with Gasteiger partial charge in [0.25, 0.3) is 0 Å². The lowest BCUT2D eigenvalue weighted by atomic mass is 10.3. The Morgan fingerprint density at radius 1 is 1.44 bits per heavy atom. The maximum Gasteiger partial charge on any atom is 0.124 e. The van der Waals surface area contributed by atoms with Gasteiger partial charge in [0.1, 0.15) is 5.82 Å². The van der Waals surface area contributed by atoms with E-state index in [1.807, 2.05) is 0 Å². The van der Waals surface area contributed by atoms with Crippen molar-refractivity contribution in [3.63, 3.8) is 0 Å². The Morgan fingerprint density at radius 3 is 3.00 bits per heavy atom. The number of halogens is 2. The monoisotopic (exact) mass is 268 g/mol. The average molecular weight is 269 g/mol. The van der Waals surface area contributed by atoms with Crippen LogP contribution in [0.15, 0.2) is 24.4 Å². The van der Waals surface area contributed by atoms with Crippen molar-refractivity contribution in [2.45, 2.75) is 19.9 Å². The molecule has 1 N–H and O–H groups in total. The highest BCUT2D eigenvalue weighted by molar-refractivity contribution is 6.32. The van der Waals surface area contributed by atoms with E-state index in [4.69, 9.17) is 11.6 Å². The van der Waals surface area contributed by atoms with Crippen LogP contribution in [0.1, 0.15) is 19.0 Å². The van der Waals surface area contributed by atoms with E-state index in [1.165, 1.54) is 12.1 Å². The van der Waals surface area contributed by atoms with Crippen LogP contribution in [0.25, 0.3) is 5.69 Å². The molecule has 0 atom stereocenters. The van der Waals surface area contributed by atoms with E-state index < -0.39 is 0 Å². The zero-order valence-electron chi connectivity index (χ0n) is 10.0. The van der Waals surface area contributed by atoms with E-state index in [0.29, 0.717) is 17.3 Å². The minimum absolute atomic E-state index is 0.313. The Labute approximate surface area is 110 Å². The maximum atomic E-state index is 12.9. The van der Waals surface area contributed by atoms with Crippen LogP contribution in [0.3, 0.4) is 0 Å². The first-order chi connectivity index (χ1) is 8.70. The summed E-state index contributed by atoms with van der Waals surface area (Å²) in [6.45, 7) is 3.69. The zero-order chi connectivity index (χ0) is 13.0. The zero-order valence-corrected chi connectivity index (χ0v) is 10.8. The van der Waals surface area contributed by atoms with Crippen LogP contribution in [0.2, 0.25) is 5.02 Å². The molecule has 1 aromatic carbocycles. The lowest BCUT2D eigenvalue weighted by Crippen LogP contribution is -2.13. The smallest absolute Gasteiger partial charge is 0.124 e. The van der Waals surface area contributed by atoms with Gasteiger partial charge in [0, 0.05) is 6.54 Å². The van der Waals surface area contributed by atoms with Gasteiger partial charge in [-0.15, -0.1) is 5.10 Å². The fourth-order valence-corrected chi connectivity index (χ4v) is 1.81. The molecule has 1 heterocycles. The average Bonchev–Trinajstić information content (AvgIpc) is 2.78. The molecular formula is C12H14ClFN4. The predicted octanol–water partition coefficient (Wildman–Crippen LogP) is 2.56. The third-order valence-electron chi connectivity index (χ3n) is 2.43. The summed E-state index contributed by atoms with van der Waals surface area (Å²) in [6, 6.07) is 4.18. The van der Waals surface area contributed by atoms with Crippen LogP contribution in [-0.2, 0) is 6.54 Å². The van der Waals surface area contributed by atoms with Crippen LogP contribution in [-0.4, -0.2) is 21.5 Å². The molecule has 18 heavy (non-hydrogen) atoms. The van der Waals surface area contributed by atoms with Gasteiger partial charge in [-0.1, -0.05) is 23.7 Å². The van der Waals surface area contributed by atoms with Crippen molar-refractivity contribution in [2.24, 2.45) is 0 Å². The molecule has 0 saturated carbocycles. The fraction of sp³-hybridized carbons (Fsp3) is 0.333. The fourth-order valence-electron chi connectivity index (χ4n) is 1.56. The van der Waals surface area contributed by atoms with E-state index in [0.717, 1.165) is 18.7 Å². The molecule has 0 fully saturated rings. The summed E-state index contributed by atoms with van der Waals surface area (Å²) in [4.78, 5) is 0. The number of nitrogens with one attached hydrogen (secondary N) is 1. The lowest BCUT2D eigenvalue weighted by Gasteiger charge is -2.02. The lowest BCUT2D eigenvalue weighted by molar-refractivity contribution is 0.627. The van der Waals surface area contributed by atoms with Crippen molar-refractivity contribution in [3.05, 3.63) is 40.9 Å². The highest BCUT2D eigenvalue weighted by Crippen LogP contribution is 2.20. The summed E-state index contributed by atoms with van der Waals surface area (Å²) in [5, 5.41) is 11.5. The number of rotatable bonds is 5. The van der Waals surface area contributed by atoms with Gasteiger partial charge in [-0.05, 0) is 31.2 Å². The van der Waals surface area contributed by atoms with Gasteiger partial charge in [0.2, 0.25) is 0 Å². The molecule has 4 nitrogen and oxygen atoms in total. The summed E-state index contributed by atoms with van der Waals surface area (Å²) < 4.78 is 14.5. The minimum Gasteiger partial charge on any atom is -0.311 e. The second-order valence-corrected chi connectivity index (χ2v) is 4.33. The van der Waals surface area contributed by atoms with Crippen LogP contribution in [0.5, 0.6) is 0 Å². The molecular weight excluding hydrogens is 255 g/mol. The first-order valence-electron chi connectivity index (χ1n) is 5.78. The Hall–Kier alpha value is -1.46. The number of aromatic nitrogens is 3. The van der Waals surface area contributed by atoms with Gasteiger partial charge >= 0.3 is 0 Å². The molecule has 6 heteroatoms. The second-order valence-electron chi connectivity index (χ2n) is 3.93. The van der Waals surface area contributed by atoms with Crippen LogP contribution in [0, 0.1) is 5.82 Å². The van der Waals surface area contributed by atoms with Crippen LogP contribution < -0.4 is 5.32 Å². The van der Waals surface area contributed by atoms with E-state index in [1.54, 1.807) is 16.9 Å². The van der Waals surface area contributed by atoms with Gasteiger partial charge in [-0.25, -0.2) is 9.07 Å². The molecule has 0 spiro atoms. The number of hydrogen-bond acceptors (Lipinski definition) is 3. The van der Waals surface area contributed by atoms with Crippen molar-refractivity contribution < 1.29 is 4.39 Å². The number of nitrogens with zero attached hydrogens (tertiary/aromatic N) is 3. The van der Waals surface area contributed by atoms with Gasteiger partial charge < -0.3 is 5.32 Å². The summed E-state index contributed by atoms with van der Waals surface area (Å²) in [7, 11) is 0. The van der Waals surface area contributed by atoms with Crippen molar-refractivity contribution in [2.75, 3.05) is 6.54 Å². The second kappa shape index (κ2) is 5.93. The topological polar surface area (TPSA) is 42.7 Å². The van der Waals surface area contributed by atoms with Gasteiger partial charge in [-0.3, -0.25) is 0 Å². The molecule has 1 aromatic heterocycles. The molecule has 0 unspecified atom stereocenters. The number of benzene rings is 1. The first kappa shape index (κ1) is 13.0. The van der Waals surface area contributed by atoms with Crippen LogP contribution >= 0.6 is 11.6 Å². The van der Waals surface area contributed by atoms with Crippen molar-refractivity contribution in [3.8, 4) is 5.69 Å². The SMILES string of the molecule is CCCNCc1cn(-c2ccc(F)cc2Cl)nn1. The minimum atomic E-state index is -0.367. The van der Waals surface area contributed by atoms with Crippen LogP contribution in [0.4, 0.5) is 4.39 Å². The highest BCUT2D eigenvalue weighted by Gasteiger charge is 2.07. The third-order valence-corrected chi connectivity index (χ3v) is 2.73. The van der Waals surface area contributed by atoms with E-state index in [-0.39, 0.29) is 5.82 Å².